The molecule has 0 fully saturated rings. The molecule has 0 aliphatic heterocycles. The molecule has 334 valence electrons. The molecular formula is C56H44N6O6. The van der Waals surface area contributed by atoms with Crippen molar-refractivity contribution < 1.29 is 28.7 Å². The summed E-state index contributed by atoms with van der Waals surface area (Å²) in [5.41, 5.74) is 0.501. The first-order valence-electron chi connectivity index (χ1n) is 22.1. The minimum atomic E-state index is -0.580. The molecule has 9 rings (SSSR count). The van der Waals surface area contributed by atoms with Gasteiger partial charge in [-0.2, -0.15) is 0 Å². The molecule has 0 bridgehead atoms. The molecule has 0 saturated heterocycles. The Kier molecular flexibility index (Phi) is 13.2. The fraction of sp³-hybridized carbons (Fsp3) is 0.107. The molecule has 2 heterocycles. The van der Waals surface area contributed by atoms with Gasteiger partial charge in [0, 0.05) is 51.1 Å². The van der Waals surface area contributed by atoms with E-state index < -0.39 is 11.8 Å². The summed E-state index contributed by atoms with van der Waals surface area (Å²) in [4.78, 5) is 61.7. The van der Waals surface area contributed by atoms with E-state index in [0.717, 1.165) is 54.6 Å². The highest BCUT2D eigenvalue weighted by atomic mass is 16.5. The first kappa shape index (κ1) is 44.1. The lowest BCUT2D eigenvalue weighted by Crippen LogP contribution is -2.18. The van der Waals surface area contributed by atoms with Gasteiger partial charge in [0.05, 0.1) is 13.2 Å². The molecule has 0 atom stereocenters. The number of amides is 4. The van der Waals surface area contributed by atoms with Gasteiger partial charge in [-0.25, -0.2) is 9.97 Å². The van der Waals surface area contributed by atoms with E-state index in [1.165, 1.54) is 18.2 Å². The Morgan fingerprint density at radius 2 is 0.794 bits per heavy atom. The number of hydrogen-bond donors (Lipinski definition) is 4. The molecular weight excluding hydrogens is 853 g/mol. The van der Waals surface area contributed by atoms with Crippen LogP contribution in [0.3, 0.4) is 0 Å². The lowest BCUT2D eigenvalue weighted by molar-refractivity contribution is -0.117. The van der Waals surface area contributed by atoms with Gasteiger partial charge < -0.3 is 30.7 Å². The third kappa shape index (κ3) is 10.4. The first-order chi connectivity index (χ1) is 33.3. The SMILES string of the molecule is C#Cc1cc(C(=O)Nc2cccc(NC(=O)CCCOc3c4ccccc4cc4ccccc34)n2)cc(C(=O)Nc2cccc(NC(=O)CCCOc3c4ccccc4cc4ccccc34)n2)c1. The number of pyridine rings is 2. The molecule has 4 N–H and O–H groups in total. The topological polar surface area (TPSA) is 161 Å². The van der Waals surface area contributed by atoms with Crippen LogP contribution in [0.2, 0.25) is 0 Å². The van der Waals surface area contributed by atoms with Crippen LogP contribution in [0, 0.1) is 12.3 Å². The maximum Gasteiger partial charge on any atom is 0.256 e. The molecule has 12 heteroatoms. The molecule has 0 radical (unpaired) electrons. The van der Waals surface area contributed by atoms with Crippen LogP contribution in [0.15, 0.2) is 164 Å². The zero-order chi connectivity index (χ0) is 46.8. The monoisotopic (exact) mass is 896 g/mol. The van der Waals surface area contributed by atoms with E-state index >= 15 is 0 Å². The molecule has 7 aromatic carbocycles. The second-order valence-corrected chi connectivity index (χ2v) is 16.0. The van der Waals surface area contributed by atoms with Crippen LogP contribution in [0.1, 0.15) is 52.0 Å². The van der Waals surface area contributed by atoms with Crippen molar-refractivity contribution in [3.05, 3.63) is 180 Å². The van der Waals surface area contributed by atoms with Crippen LogP contribution in [0.25, 0.3) is 43.1 Å². The van der Waals surface area contributed by atoms with Gasteiger partial charge in [0.2, 0.25) is 11.8 Å². The molecule has 4 amide bonds. The summed E-state index contributed by atoms with van der Waals surface area (Å²) in [5, 5.41) is 19.4. The van der Waals surface area contributed by atoms with Gasteiger partial charge >= 0.3 is 0 Å². The number of terminal acetylenes is 1. The quantitative estimate of drug-likeness (QED) is 0.0423. The van der Waals surface area contributed by atoms with Crippen LogP contribution in [0.4, 0.5) is 23.3 Å². The summed E-state index contributed by atoms with van der Waals surface area (Å²) in [7, 11) is 0. The van der Waals surface area contributed by atoms with E-state index in [0.29, 0.717) is 31.6 Å². The van der Waals surface area contributed by atoms with Gasteiger partial charge in [0.25, 0.3) is 11.8 Å². The standard InChI is InChI=1S/C56H44N6O6/c1-2-36-31-41(55(65)61-49-25-11-23-47(57-49)59-51(63)27-13-29-67-53-43-19-7-3-15-37(43)33-38-16-4-8-20-44(38)53)35-42(32-36)56(66)62-50-26-12-24-48(58-50)60-52(64)28-14-30-68-54-45-21-9-5-17-39(45)34-40-18-6-10-22-46(40)54/h1,3-12,15-26,31-35H,13-14,27-30H2,(H2,57,59,61,63,65)(H2,58,60,62,64,66). The number of hydrogen-bond acceptors (Lipinski definition) is 8. The molecule has 0 saturated carbocycles. The van der Waals surface area contributed by atoms with E-state index in [4.69, 9.17) is 15.9 Å². The lowest BCUT2D eigenvalue weighted by atomic mass is 10.0. The number of carbonyl (C=O) groups is 4. The smallest absolute Gasteiger partial charge is 0.256 e. The van der Waals surface area contributed by atoms with Crippen LogP contribution >= 0.6 is 0 Å². The number of ether oxygens (including phenoxy) is 2. The molecule has 0 spiro atoms. The third-order valence-corrected chi connectivity index (χ3v) is 11.2. The largest absolute Gasteiger partial charge is 0.492 e. The minimum absolute atomic E-state index is 0.104. The van der Waals surface area contributed by atoms with Crippen molar-refractivity contribution >= 4 is 90.0 Å². The second kappa shape index (κ2) is 20.4. The average molecular weight is 897 g/mol. The Balaban J connectivity index is 0.763. The number of anilines is 4. The maximum absolute atomic E-state index is 13.5. The Morgan fingerprint density at radius 3 is 1.16 bits per heavy atom. The second-order valence-electron chi connectivity index (χ2n) is 16.0. The van der Waals surface area contributed by atoms with Crippen molar-refractivity contribution in [2.24, 2.45) is 0 Å². The van der Waals surface area contributed by atoms with E-state index in [1.807, 2.05) is 72.8 Å². The predicted octanol–water partition coefficient (Wildman–Crippen LogP) is 11.2. The van der Waals surface area contributed by atoms with Crippen molar-refractivity contribution in [1.82, 2.24) is 9.97 Å². The number of benzene rings is 7. The summed E-state index contributed by atoms with van der Waals surface area (Å²) in [6, 6.07) is 50.5. The van der Waals surface area contributed by atoms with E-state index in [-0.39, 0.29) is 59.1 Å². The Morgan fingerprint density at radius 1 is 0.441 bits per heavy atom. The van der Waals surface area contributed by atoms with E-state index in [2.05, 4.69) is 73.6 Å². The number of nitrogens with zero attached hydrogens (tertiary/aromatic N) is 2. The summed E-state index contributed by atoms with van der Waals surface area (Å²) < 4.78 is 12.5. The highest BCUT2D eigenvalue weighted by Gasteiger charge is 2.17. The lowest BCUT2D eigenvalue weighted by Gasteiger charge is -2.13. The van der Waals surface area contributed by atoms with Crippen molar-refractivity contribution in [1.29, 1.82) is 0 Å². The molecule has 0 aliphatic carbocycles. The van der Waals surface area contributed by atoms with Gasteiger partial charge in [-0.3, -0.25) is 19.2 Å². The fourth-order valence-corrected chi connectivity index (χ4v) is 7.98. The number of nitrogens with one attached hydrogen (secondary N) is 4. The Bertz CT molecular complexity index is 3110. The van der Waals surface area contributed by atoms with Crippen molar-refractivity contribution in [3.8, 4) is 23.8 Å². The van der Waals surface area contributed by atoms with Crippen LogP contribution in [-0.2, 0) is 9.59 Å². The molecule has 12 nitrogen and oxygen atoms in total. The fourth-order valence-electron chi connectivity index (χ4n) is 7.98. The molecule has 0 unspecified atom stereocenters. The van der Waals surface area contributed by atoms with Gasteiger partial charge in [-0.05, 0) is 89.0 Å². The molecule has 68 heavy (non-hydrogen) atoms. The highest BCUT2D eigenvalue weighted by molar-refractivity contribution is 6.09. The predicted molar refractivity (Wildman–Crippen MR) is 268 cm³/mol. The van der Waals surface area contributed by atoms with Crippen LogP contribution < -0.4 is 30.7 Å². The third-order valence-electron chi connectivity index (χ3n) is 11.2. The number of rotatable bonds is 16. The average Bonchev–Trinajstić information content (AvgIpc) is 3.36. The van der Waals surface area contributed by atoms with Crippen LogP contribution in [-0.4, -0.2) is 46.8 Å². The van der Waals surface area contributed by atoms with Gasteiger partial charge in [0.1, 0.15) is 34.8 Å². The van der Waals surface area contributed by atoms with E-state index in [1.54, 1.807) is 36.4 Å². The summed E-state index contributed by atoms with van der Waals surface area (Å²) in [5.74, 6) is 3.22. The molecule has 2 aromatic heterocycles. The summed E-state index contributed by atoms with van der Waals surface area (Å²) >= 11 is 0. The van der Waals surface area contributed by atoms with Crippen LogP contribution in [0.5, 0.6) is 11.5 Å². The minimum Gasteiger partial charge on any atom is -0.492 e. The maximum atomic E-state index is 13.5. The van der Waals surface area contributed by atoms with E-state index in [9.17, 15) is 19.2 Å². The Labute approximate surface area is 391 Å². The Hall–Kier alpha value is -9.08. The van der Waals surface area contributed by atoms with Crippen molar-refractivity contribution in [2.45, 2.75) is 25.7 Å². The highest BCUT2D eigenvalue weighted by Crippen LogP contribution is 2.36. The van der Waals surface area contributed by atoms with Gasteiger partial charge in [-0.1, -0.05) is 115 Å². The van der Waals surface area contributed by atoms with Gasteiger partial charge in [0.15, 0.2) is 0 Å². The zero-order valence-corrected chi connectivity index (χ0v) is 36.8. The number of carbonyl (C=O) groups excluding carboxylic acids is 4. The molecule has 0 aliphatic rings. The molecule has 9 aromatic rings. The summed E-state index contributed by atoms with van der Waals surface area (Å²) in [6.45, 7) is 0.659. The van der Waals surface area contributed by atoms with Gasteiger partial charge in [-0.15, -0.1) is 6.42 Å². The number of aromatic nitrogens is 2. The number of fused-ring (bicyclic) bond motifs is 4. The van der Waals surface area contributed by atoms with Crippen molar-refractivity contribution in [3.63, 3.8) is 0 Å². The van der Waals surface area contributed by atoms with Crippen molar-refractivity contribution in [2.75, 3.05) is 34.5 Å². The first-order valence-corrected chi connectivity index (χ1v) is 22.1. The summed E-state index contributed by atoms with van der Waals surface area (Å²) in [6.07, 6.45) is 7.01. The normalized spacial score (nSPS) is 10.9. The zero-order valence-electron chi connectivity index (χ0n) is 36.8.